The fourth-order valence-corrected chi connectivity index (χ4v) is 2.30. The van der Waals surface area contributed by atoms with Gasteiger partial charge in [-0.3, -0.25) is 9.59 Å². The van der Waals surface area contributed by atoms with Crippen LogP contribution in [-0.4, -0.2) is 36.2 Å². The molecule has 138 valence electrons. The van der Waals surface area contributed by atoms with E-state index in [1.54, 1.807) is 13.0 Å². The predicted molar refractivity (Wildman–Crippen MR) is 96.8 cm³/mol. The van der Waals surface area contributed by atoms with Gasteiger partial charge in [-0.05, 0) is 37.5 Å². The SMILES string of the molecule is C/C=C/c1ccc(OCC(=O)NC(C)(CC(=O)O)C(C)C)c(OC)c1. The Balaban J connectivity index is 2.77. The summed E-state index contributed by atoms with van der Waals surface area (Å²) in [5.74, 6) is -0.395. The van der Waals surface area contributed by atoms with E-state index < -0.39 is 11.5 Å². The van der Waals surface area contributed by atoms with E-state index in [4.69, 9.17) is 14.6 Å². The summed E-state index contributed by atoms with van der Waals surface area (Å²) in [6.45, 7) is 7.15. The Morgan fingerprint density at radius 2 is 2.00 bits per heavy atom. The highest BCUT2D eigenvalue weighted by atomic mass is 16.5. The molecule has 0 aliphatic carbocycles. The summed E-state index contributed by atoms with van der Waals surface area (Å²) in [6.07, 6.45) is 3.69. The van der Waals surface area contributed by atoms with Crippen molar-refractivity contribution in [2.45, 2.75) is 39.7 Å². The number of hydrogen-bond donors (Lipinski definition) is 2. The lowest BCUT2D eigenvalue weighted by atomic mass is 9.85. The number of rotatable bonds is 9. The lowest BCUT2D eigenvalue weighted by molar-refractivity contribution is -0.139. The molecular formula is C19H27NO5. The van der Waals surface area contributed by atoms with Gasteiger partial charge in [-0.2, -0.15) is 0 Å². The molecule has 1 rings (SSSR count). The van der Waals surface area contributed by atoms with Crippen molar-refractivity contribution < 1.29 is 24.2 Å². The van der Waals surface area contributed by atoms with Crippen LogP contribution in [0.1, 0.15) is 39.7 Å². The standard InChI is InChI=1S/C19H27NO5/c1-6-7-14-8-9-15(16(10-14)24-5)25-12-17(21)20-19(4,13(2)3)11-18(22)23/h6-10,13H,11-12H2,1-5H3,(H,20,21)(H,22,23)/b7-6+. The Labute approximate surface area is 148 Å². The van der Waals surface area contributed by atoms with E-state index in [1.807, 2.05) is 45.1 Å². The highest BCUT2D eigenvalue weighted by Gasteiger charge is 2.32. The summed E-state index contributed by atoms with van der Waals surface area (Å²) >= 11 is 0. The Bertz CT molecular complexity index is 639. The normalized spacial score (nSPS) is 13.5. The van der Waals surface area contributed by atoms with E-state index in [-0.39, 0.29) is 24.9 Å². The van der Waals surface area contributed by atoms with Crippen LogP contribution in [0.2, 0.25) is 0 Å². The van der Waals surface area contributed by atoms with Gasteiger partial charge in [0.05, 0.1) is 19.1 Å². The zero-order valence-electron chi connectivity index (χ0n) is 15.5. The quantitative estimate of drug-likeness (QED) is 0.715. The minimum atomic E-state index is -0.960. The van der Waals surface area contributed by atoms with Crippen LogP contribution in [0.4, 0.5) is 0 Å². The van der Waals surface area contributed by atoms with E-state index in [2.05, 4.69) is 5.32 Å². The summed E-state index contributed by atoms with van der Waals surface area (Å²) in [7, 11) is 1.53. The van der Waals surface area contributed by atoms with Gasteiger partial charge in [-0.25, -0.2) is 0 Å². The fraction of sp³-hybridized carbons (Fsp3) is 0.474. The third-order valence-electron chi connectivity index (χ3n) is 4.12. The molecule has 1 aromatic carbocycles. The van der Waals surface area contributed by atoms with Gasteiger partial charge in [-0.1, -0.05) is 32.1 Å². The summed E-state index contributed by atoms with van der Waals surface area (Å²) in [4.78, 5) is 23.3. The fourth-order valence-electron chi connectivity index (χ4n) is 2.30. The van der Waals surface area contributed by atoms with Crippen molar-refractivity contribution in [3.8, 4) is 11.5 Å². The number of ether oxygens (including phenoxy) is 2. The largest absolute Gasteiger partial charge is 0.493 e. The highest BCUT2D eigenvalue weighted by molar-refractivity contribution is 5.79. The number of hydrogen-bond acceptors (Lipinski definition) is 4. The van der Waals surface area contributed by atoms with Gasteiger partial charge >= 0.3 is 5.97 Å². The molecule has 0 aliphatic heterocycles. The number of nitrogens with one attached hydrogen (secondary N) is 1. The average Bonchev–Trinajstić information content (AvgIpc) is 2.52. The third-order valence-corrected chi connectivity index (χ3v) is 4.12. The first-order valence-electron chi connectivity index (χ1n) is 8.18. The molecule has 1 aromatic rings. The number of carboxylic acid groups (broad SMARTS) is 1. The van der Waals surface area contributed by atoms with Crippen molar-refractivity contribution in [3.05, 3.63) is 29.8 Å². The van der Waals surface area contributed by atoms with Crippen molar-refractivity contribution in [3.63, 3.8) is 0 Å². The van der Waals surface area contributed by atoms with Gasteiger partial charge < -0.3 is 19.9 Å². The second-order valence-electron chi connectivity index (χ2n) is 6.39. The Morgan fingerprint density at radius 3 is 2.52 bits per heavy atom. The molecule has 0 heterocycles. The van der Waals surface area contributed by atoms with E-state index in [0.29, 0.717) is 11.5 Å². The molecule has 0 aliphatic rings. The molecule has 1 unspecified atom stereocenters. The van der Waals surface area contributed by atoms with Crippen LogP contribution in [0.5, 0.6) is 11.5 Å². The second-order valence-corrected chi connectivity index (χ2v) is 6.39. The average molecular weight is 349 g/mol. The van der Waals surface area contributed by atoms with Gasteiger partial charge in [0.15, 0.2) is 18.1 Å². The molecule has 0 radical (unpaired) electrons. The van der Waals surface area contributed by atoms with Crippen molar-refractivity contribution in [2.75, 3.05) is 13.7 Å². The number of carboxylic acids is 1. The van der Waals surface area contributed by atoms with Crippen molar-refractivity contribution in [1.29, 1.82) is 0 Å². The lowest BCUT2D eigenvalue weighted by Crippen LogP contribution is -2.52. The summed E-state index contributed by atoms with van der Waals surface area (Å²) < 4.78 is 10.8. The molecule has 1 atom stereocenters. The Hall–Kier alpha value is -2.50. The first kappa shape index (κ1) is 20.5. The van der Waals surface area contributed by atoms with Crippen molar-refractivity contribution >= 4 is 18.0 Å². The van der Waals surface area contributed by atoms with Crippen LogP contribution in [0.3, 0.4) is 0 Å². The molecule has 0 saturated carbocycles. The molecule has 0 spiro atoms. The molecule has 0 bridgehead atoms. The van der Waals surface area contributed by atoms with Gasteiger partial charge in [0.25, 0.3) is 5.91 Å². The maximum Gasteiger partial charge on any atom is 0.305 e. The molecule has 6 nitrogen and oxygen atoms in total. The summed E-state index contributed by atoms with van der Waals surface area (Å²) in [5.41, 5.74) is 0.122. The Morgan fingerprint density at radius 1 is 1.32 bits per heavy atom. The van der Waals surface area contributed by atoms with Gasteiger partial charge in [0.1, 0.15) is 0 Å². The van der Waals surface area contributed by atoms with Gasteiger partial charge in [0.2, 0.25) is 0 Å². The minimum Gasteiger partial charge on any atom is -0.493 e. The number of methoxy groups -OCH3 is 1. The molecule has 6 heteroatoms. The zero-order valence-corrected chi connectivity index (χ0v) is 15.5. The van der Waals surface area contributed by atoms with E-state index in [9.17, 15) is 9.59 Å². The number of benzene rings is 1. The molecular weight excluding hydrogens is 322 g/mol. The molecule has 2 N–H and O–H groups in total. The molecule has 0 saturated heterocycles. The zero-order chi connectivity index (χ0) is 19.0. The summed E-state index contributed by atoms with van der Waals surface area (Å²) in [6, 6.07) is 5.41. The minimum absolute atomic E-state index is 0.0396. The number of aliphatic carboxylic acids is 1. The molecule has 25 heavy (non-hydrogen) atoms. The van der Waals surface area contributed by atoms with Crippen molar-refractivity contribution in [1.82, 2.24) is 5.32 Å². The summed E-state index contributed by atoms with van der Waals surface area (Å²) in [5, 5.41) is 11.8. The number of amides is 1. The van der Waals surface area contributed by atoms with E-state index in [1.165, 1.54) is 7.11 Å². The first-order chi connectivity index (χ1) is 11.7. The topological polar surface area (TPSA) is 84.9 Å². The smallest absolute Gasteiger partial charge is 0.305 e. The number of carbonyl (C=O) groups excluding carboxylic acids is 1. The van der Waals surface area contributed by atoms with Crippen LogP contribution in [0.15, 0.2) is 24.3 Å². The van der Waals surface area contributed by atoms with Gasteiger partial charge in [0, 0.05) is 0 Å². The van der Waals surface area contributed by atoms with Gasteiger partial charge in [-0.15, -0.1) is 0 Å². The van der Waals surface area contributed by atoms with E-state index in [0.717, 1.165) is 5.56 Å². The molecule has 1 amide bonds. The number of carbonyl (C=O) groups is 2. The Kier molecular flexibility index (Phi) is 7.48. The number of allylic oxidation sites excluding steroid dienone is 1. The van der Waals surface area contributed by atoms with Crippen LogP contribution >= 0.6 is 0 Å². The lowest BCUT2D eigenvalue weighted by Gasteiger charge is -2.33. The van der Waals surface area contributed by atoms with Crippen LogP contribution in [-0.2, 0) is 9.59 Å². The second kappa shape index (κ2) is 9.11. The van der Waals surface area contributed by atoms with E-state index >= 15 is 0 Å². The first-order valence-corrected chi connectivity index (χ1v) is 8.18. The third kappa shape index (κ3) is 6.14. The predicted octanol–water partition coefficient (Wildman–Crippen LogP) is 3.11. The molecule has 0 aromatic heterocycles. The molecule has 0 fully saturated rings. The maximum absolute atomic E-state index is 12.2. The van der Waals surface area contributed by atoms with Crippen LogP contribution in [0.25, 0.3) is 6.08 Å². The van der Waals surface area contributed by atoms with Crippen LogP contribution in [0, 0.1) is 5.92 Å². The van der Waals surface area contributed by atoms with Crippen LogP contribution < -0.4 is 14.8 Å². The van der Waals surface area contributed by atoms with Crippen molar-refractivity contribution in [2.24, 2.45) is 5.92 Å². The monoisotopic (exact) mass is 349 g/mol. The highest BCUT2D eigenvalue weighted by Crippen LogP contribution is 2.28. The maximum atomic E-state index is 12.2.